The van der Waals surface area contributed by atoms with Crippen LogP contribution in [0.4, 0.5) is 0 Å². The van der Waals surface area contributed by atoms with Crippen LogP contribution in [-0.2, 0) is 22.6 Å². The molecular weight excluding hydrogens is 694 g/mol. The molecule has 2 fully saturated rings. The predicted molar refractivity (Wildman–Crippen MR) is 196 cm³/mol. The van der Waals surface area contributed by atoms with Crippen LogP contribution in [0.2, 0.25) is 0 Å². The number of amides is 1. The molecule has 4 aromatic rings. The van der Waals surface area contributed by atoms with Crippen molar-refractivity contribution in [3.8, 4) is 11.1 Å². The molecule has 262 valence electrons. The molecule has 0 N–H and O–H groups in total. The van der Waals surface area contributed by atoms with Crippen LogP contribution in [0.25, 0.3) is 22.0 Å². The van der Waals surface area contributed by atoms with Crippen molar-refractivity contribution in [3.05, 3.63) is 70.1 Å². The highest BCUT2D eigenvalue weighted by Gasteiger charge is 2.67. The summed E-state index contributed by atoms with van der Waals surface area (Å²) in [5.74, 6) is 0.888. The van der Waals surface area contributed by atoms with E-state index in [9.17, 15) is 14.4 Å². The van der Waals surface area contributed by atoms with Gasteiger partial charge >= 0.3 is 0 Å². The van der Waals surface area contributed by atoms with E-state index in [1.165, 1.54) is 6.92 Å². The number of nitrogens with zero attached hydrogens (tertiary/aromatic N) is 7. The maximum Gasteiger partial charge on any atom is 0.245 e. The number of hydrogen-bond donors (Lipinski definition) is 0. The van der Waals surface area contributed by atoms with Crippen LogP contribution in [-0.4, -0.2) is 84.2 Å². The smallest absolute Gasteiger partial charge is 0.245 e. The van der Waals surface area contributed by atoms with E-state index in [1.807, 2.05) is 48.5 Å². The second-order valence-electron chi connectivity index (χ2n) is 15.1. The molecule has 2 unspecified atom stereocenters. The van der Waals surface area contributed by atoms with E-state index in [2.05, 4.69) is 62.7 Å². The van der Waals surface area contributed by atoms with Gasteiger partial charge in [-0.05, 0) is 103 Å². The number of carbonyl (C=O) groups excluding carboxylic acids is 3. The number of halogens is 1. The highest BCUT2D eigenvalue weighted by atomic mass is 79.9. The Morgan fingerprint density at radius 1 is 1.04 bits per heavy atom. The van der Waals surface area contributed by atoms with Crippen LogP contribution in [0.15, 0.2) is 47.3 Å². The number of aromatic nitrogens is 5. The SMILES string of the molecule is CC(=O)c1nn2c3c(cc(-c4cnc(C)nc4)cc13)C(C)C(C)CCCCCN(C)C[C@@]13C[C@@H](C(=O)Cc4cccc(Br)n4)N(C(=O)C2)[C@@H]1C3. The second-order valence-corrected chi connectivity index (χ2v) is 15.9. The maximum atomic E-state index is 14.6. The largest absolute Gasteiger partial charge is 0.327 e. The van der Waals surface area contributed by atoms with Crippen molar-refractivity contribution in [1.29, 1.82) is 0 Å². The molecule has 5 atom stereocenters. The lowest BCUT2D eigenvalue weighted by atomic mass is 9.83. The minimum atomic E-state index is -0.532. The Morgan fingerprint density at radius 2 is 1.82 bits per heavy atom. The average molecular weight is 741 g/mol. The maximum absolute atomic E-state index is 14.6. The first-order chi connectivity index (χ1) is 23.9. The molecule has 2 aliphatic heterocycles. The molecule has 1 amide bonds. The van der Waals surface area contributed by atoms with Crippen molar-refractivity contribution in [2.75, 3.05) is 20.1 Å². The summed E-state index contributed by atoms with van der Waals surface area (Å²) in [6.07, 6.45) is 9.81. The summed E-state index contributed by atoms with van der Waals surface area (Å²) in [5, 5.41) is 5.58. The lowest BCUT2D eigenvalue weighted by molar-refractivity contribution is -0.139. The number of carbonyl (C=O) groups is 3. The van der Waals surface area contributed by atoms with Gasteiger partial charge in [-0.3, -0.25) is 19.1 Å². The molecule has 5 heterocycles. The van der Waals surface area contributed by atoms with E-state index < -0.39 is 6.04 Å². The van der Waals surface area contributed by atoms with Crippen molar-refractivity contribution in [1.82, 2.24) is 34.5 Å². The molecular formula is C39H46BrN7O3. The minimum absolute atomic E-state index is 0.00166. The van der Waals surface area contributed by atoms with Gasteiger partial charge in [-0.2, -0.15) is 5.10 Å². The van der Waals surface area contributed by atoms with Gasteiger partial charge in [0.2, 0.25) is 5.91 Å². The highest BCUT2D eigenvalue weighted by Crippen LogP contribution is 2.60. The van der Waals surface area contributed by atoms with Gasteiger partial charge < -0.3 is 9.80 Å². The Morgan fingerprint density at radius 3 is 2.56 bits per heavy atom. The van der Waals surface area contributed by atoms with E-state index >= 15 is 0 Å². The molecule has 7 rings (SSSR count). The zero-order valence-electron chi connectivity index (χ0n) is 29.7. The zero-order chi connectivity index (χ0) is 35.3. The van der Waals surface area contributed by atoms with Gasteiger partial charge in [-0.15, -0.1) is 0 Å². The standard InChI is InChI=1S/C39H46BrN7O3/c1-23-10-7-6-8-13-45(5)22-39-17-32(33(49)16-29-11-9-12-35(40)43-29)47(34(39)18-39)36(50)21-46-38-30(24(23)2)14-27(28-19-41-26(4)42-20-28)15-31(38)37(44-46)25(3)48/h9,11-12,14-15,19-20,23-24,32,34H,6-8,10,13,16-18,21-22H2,1-5H3/t23?,24?,32-,34+,39-/m0/s1. The second kappa shape index (κ2) is 13.7. The van der Waals surface area contributed by atoms with Crippen LogP contribution < -0.4 is 0 Å². The van der Waals surface area contributed by atoms with Gasteiger partial charge in [0.1, 0.15) is 22.7 Å². The Balaban J connectivity index is 1.32. The topological polar surface area (TPSA) is 114 Å². The fraction of sp³-hybridized carbons (Fsp3) is 0.513. The first-order valence-corrected chi connectivity index (χ1v) is 18.7. The van der Waals surface area contributed by atoms with E-state index in [0.29, 0.717) is 34.2 Å². The quantitative estimate of drug-likeness (QED) is 0.167. The number of pyridine rings is 1. The third kappa shape index (κ3) is 6.66. The van der Waals surface area contributed by atoms with Gasteiger partial charge in [-0.25, -0.2) is 15.0 Å². The highest BCUT2D eigenvalue weighted by molar-refractivity contribution is 9.10. The number of rotatable bonds is 5. The number of piperidine rings is 1. The number of aryl methyl sites for hydroxylation is 1. The number of ketones is 2. The summed E-state index contributed by atoms with van der Waals surface area (Å²) in [6.45, 7) is 9.74. The summed E-state index contributed by atoms with van der Waals surface area (Å²) < 4.78 is 2.42. The normalized spacial score (nSPS) is 26.1. The summed E-state index contributed by atoms with van der Waals surface area (Å²) >= 11 is 3.43. The van der Waals surface area contributed by atoms with Crippen LogP contribution >= 0.6 is 15.9 Å². The molecule has 50 heavy (non-hydrogen) atoms. The third-order valence-electron chi connectivity index (χ3n) is 11.4. The van der Waals surface area contributed by atoms with Crippen molar-refractivity contribution in [2.24, 2.45) is 11.3 Å². The molecule has 11 heteroatoms. The van der Waals surface area contributed by atoms with Crippen molar-refractivity contribution < 1.29 is 14.4 Å². The summed E-state index contributed by atoms with van der Waals surface area (Å²) in [5.41, 5.74) is 4.58. The number of benzene rings is 1. The van der Waals surface area contributed by atoms with E-state index in [0.717, 1.165) is 72.8 Å². The van der Waals surface area contributed by atoms with Gasteiger partial charge in [0, 0.05) is 54.0 Å². The van der Waals surface area contributed by atoms with Gasteiger partial charge in [-0.1, -0.05) is 39.2 Å². The Labute approximate surface area is 302 Å². The monoisotopic (exact) mass is 739 g/mol. The van der Waals surface area contributed by atoms with Crippen LogP contribution in [0.1, 0.15) is 92.8 Å². The predicted octanol–water partition coefficient (Wildman–Crippen LogP) is 6.58. The molecule has 3 aliphatic rings. The third-order valence-corrected chi connectivity index (χ3v) is 11.9. The Hall–Kier alpha value is -3.83. The average Bonchev–Trinajstić information content (AvgIpc) is 3.47. The Bertz CT molecular complexity index is 1960. The summed E-state index contributed by atoms with van der Waals surface area (Å²) in [7, 11) is 2.17. The molecule has 1 aromatic carbocycles. The minimum Gasteiger partial charge on any atom is -0.327 e. The summed E-state index contributed by atoms with van der Waals surface area (Å²) in [4.78, 5) is 59.5. The van der Waals surface area contributed by atoms with Crippen molar-refractivity contribution in [2.45, 2.75) is 97.2 Å². The molecule has 3 aromatic heterocycles. The number of Topliss-reactive ketones (excluding diaryl/α,β-unsaturated/α-hetero) is 2. The number of hydrogen-bond acceptors (Lipinski definition) is 8. The molecule has 1 aliphatic carbocycles. The molecule has 1 saturated carbocycles. The van der Waals surface area contributed by atoms with E-state index in [4.69, 9.17) is 5.10 Å². The Kier molecular flexibility index (Phi) is 9.49. The summed E-state index contributed by atoms with van der Waals surface area (Å²) in [6, 6.07) is 9.21. The van der Waals surface area contributed by atoms with Crippen LogP contribution in [0.5, 0.6) is 0 Å². The fourth-order valence-electron chi connectivity index (χ4n) is 8.52. The molecule has 0 spiro atoms. The molecule has 2 bridgehead atoms. The molecule has 0 radical (unpaired) electrons. The molecule has 10 nitrogen and oxygen atoms in total. The zero-order valence-corrected chi connectivity index (χ0v) is 31.2. The van der Waals surface area contributed by atoms with Gasteiger partial charge in [0.25, 0.3) is 0 Å². The van der Waals surface area contributed by atoms with Crippen LogP contribution in [0, 0.1) is 18.3 Å². The first-order valence-electron chi connectivity index (χ1n) is 17.9. The lowest BCUT2D eigenvalue weighted by Gasteiger charge is -2.27. The van der Waals surface area contributed by atoms with Gasteiger partial charge in [0.05, 0.1) is 18.0 Å². The van der Waals surface area contributed by atoms with Crippen molar-refractivity contribution >= 4 is 44.3 Å². The van der Waals surface area contributed by atoms with Crippen molar-refractivity contribution in [3.63, 3.8) is 0 Å². The lowest BCUT2D eigenvalue weighted by Crippen LogP contribution is -2.45. The molecule has 1 saturated heterocycles. The van der Waals surface area contributed by atoms with E-state index in [1.54, 1.807) is 4.68 Å². The first kappa shape index (κ1) is 34.6. The fourth-order valence-corrected chi connectivity index (χ4v) is 8.90. The van der Waals surface area contributed by atoms with E-state index in [-0.39, 0.29) is 47.8 Å². The van der Waals surface area contributed by atoms with Gasteiger partial charge in [0.15, 0.2) is 11.6 Å². The van der Waals surface area contributed by atoms with Crippen LogP contribution in [0.3, 0.4) is 0 Å².